The summed E-state index contributed by atoms with van der Waals surface area (Å²) < 4.78 is 5.72. The van der Waals surface area contributed by atoms with E-state index in [1.165, 1.54) is 0 Å². The molecule has 0 bridgehead atoms. The predicted octanol–water partition coefficient (Wildman–Crippen LogP) is 3.05. The van der Waals surface area contributed by atoms with Crippen LogP contribution >= 0.6 is 0 Å². The zero-order chi connectivity index (χ0) is 16.5. The van der Waals surface area contributed by atoms with Crippen LogP contribution in [0.2, 0.25) is 0 Å². The lowest BCUT2D eigenvalue weighted by molar-refractivity contribution is 0.102. The molecule has 1 aromatic heterocycles. The van der Waals surface area contributed by atoms with E-state index in [4.69, 9.17) is 4.74 Å². The number of likely N-dealkylation sites (N-methyl/N-ethyl adjacent to an activating group) is 1. The van der Waals surface area contributed by atoms with Crippen LogP contribution in [0.1, 0.15) is 24.2 Å². The molecule has 0 unspecified atom stereocenters. The highest BCUT2D eigenvalue weighted by molar-refractivity contribution is 6.05. The molecule has 1 N–H and O–H groups in total. The van der Waals surface area contributed by atoms with Gasteiger partial charge in [0.25, 0.3) is 5.91 Å². The number of amides is 1. The van der Waals surface area contributed by atoms with E-state index >= 15 is 0 Å². The Balaban J connectivity index is 2.00. The monoisotopic (exact) mass is 313 g/mol. The molecule has 0 aliphatic rings. The Morgan fingerprint density at radius 2 is 1.87 bits per heavy atom. The van der Waals surface area contributed by atoms with Gasteiger partial charge in [0.1, 0.15) is 12.2 Å². The van der Waals surface area contributed by atoms with E-state index in [1.807, 2.05) is 30.3 Å². The van der Waals surface area contributed by atoms with Crippen LogP contribution in [0.15, 0.2) is 48.7 Å². The van der Waals surface area contributed by atoms with Gasteiger partial charge in [-0.25, -0.2) is 4.98 Å². The van der Waals surface area contributed by atoms with Crippen molar-refractivity contribution in [3.05, 3.63) is 54.2 Å². The van der Waals surface area contributed by atoms with Crippen LogP contribution < -0.4 is 10.1 Å². The summed E-state index contributed by atoms with van der Waals surface area (Å²) in [4.78, 5) is 18.8. The summed E-state index contributed by atoms with van der Waals surface area (Å²) in [5, 5.41) is 2.85. The molecule has 0 fully saturated rings. The van der Waals surface area contributed by atoms with E-state index in [9.17, 15) is 4.79 Å². The number of nitrogens with one attached hydrogen (secondary N) is 1. The van der Waals surface area contributed by atoms with Crippen molar-refractivity contribution in [1.82, 2.24) is 9.88 Å². The van der Waals surface area contributed by atoms with Crippen molar-refractivity contribution in [3.8, 4) is 5.88 Å². The highest BCUT2D eigenvalue weighted by Crippen LogP contribution is 2.16. The number of carbonyl (C=O) groups excluding carboxylic acids is 1. The third-order valence-electron chi connectivity index (χ3n) is 3.59. The second-order valence-corrected chi connectivity index (χ2v) is 5.05. The van der Waals surface area contributed by atoms with Crippen LogP contribution in [0.4, 0.5) is 5.69 Å². The normalized spacial score (nSPS) is 10.6. The van der Waals surface area contributed by atoms with Gasteiger partial charge in [-0.2, -0.15) is 0 Å². The summed E-state index contributed by atoms with van der Waals surface area (Å²) in [7, 11) is 0. The Kier molecular flexibility index (Phi) is 6.56. The molecule has 2 rings (SSSR count). The second-order valence-electron chi connectivity index (χ2n) is 5.05. The topological polar surface area (TPSA) is 54.5 Å². The highest BCUT2D eigenvalue weighted by Gasteiger charge is 2.14. The molecular weight excluding hydrogens is 290 g/mol. The molecular formula is C18H23N3O2. The molecule has 1 heterocycles. The Bertz CT molecular complexity index is 613. The number of aromatic nitrogens is 1. The molecule has 0 aliphatic carbocycles. The van der Waals surface area contributed by atoms with Gasteiger partial charge >= 0.3 is 0 Å². The third kappa shape index (κ3) is 5.07. The molecule has 23 heavy (non-hydrogen) atoms. The number of anilines is 1. The highest BCUT2D eigenvalue weighted by atomic mass is 16.5. The number of hydrogen-bond acceptors (Lipinski definition) is 4. The molecule has 122 valence electrons. The summed E-state index contributed by atoms with van der Waals surface area (Å²) in [6, 6.07) is 12.8. The van der Waals surface area contributed by atoms with Crippen molar-refractivity contribution in [2.24, 2.45) is 0 Å². The van der Waals surface area contributed by atoms with E-state index in [-0.39, 0.29) is 5.91 Å². The maximum absolute atomic E-state index is 12.4. The zero-order valence-corrected chi connectivity index (χ0v) is 13.7. The van der Waals surface area contributed by atoms with Gasteiger partial charge in [-0.1, -0.05) is 32.0 Å². The number of carbonyl (C=O) groups is 1. The maximum Gasteiger partial charge on any atom is 0.261 e. The first-order chi connectivity index (χ1) is 11.2. The lowest BCUT2D eigenvalue weighted by atomic mass is 10.2. The predicted molar refractivity (Wildman–Crippen MR) is 91.9 cm³/mol. The Morgan fingerprint density at radius 3 is 2.57 bits per heavy atom. The average molecular weight is 313 g/mol. The van der Waals surface area contributed by atoms with E-state index in [0.29, 0.717) is 18.1 Å². The van der Waals surface area contributed by atoms with Crippen molar-refractivity contribution in [2.75, 3.05) is 31.6 Å². The first kappa shape index (κ1) is 17.0. The van der Waals surface area contributed by atoms with Crippen molar-refractivity contribution in [3.63, 3.8) is 0 Å². The van der Waals surface area contributed by atoms with Gasteiger partial charge in [0.05, 0.1) is 0 Å². The molecule has 1 amide bonds. The molecule has 0 atom stereocenters. The standard InChI is InChI=1S/C18H23N3O2/c1-3-21(4-2)13-14-23-18-16(11-8-12-19-18)17(22)20-15-9-6-5-7-10-15/h5-12H,3-4,13-14H2,1-2H3,(H,20,22). The van der Waals surface area contributed by atoms with E-state index in [2.05, 4.69) is 29.0 Å². The lowest BCUT2D eigenvalue weighted by Gasteiger charge is -2.18. The van der Waals surface area contributed by atoms with Crippen molar-refractivity contribution < 1.29 is 9.53 Å². The minimum Gasteiger partial charge on any atom is -0.476 e. The Hall–Kier alpha value is -2.40. The largest absolute Gasteiger partial charge is 0.476 e. The van der Waals surface area contributed by atoms with E-state index in [1.54, 1.807) is 18.3 Å². The van der Waals surface area contributed by atoms with Gasteiger partial charge in [0.15, 0.2) is 0 Å². The van der Waals surface area contributed by atoms with Crippen LogP contribution in [0.25, 0.3) is 0 Å². The van der Waals surface area contributed by atoms with Crippen LogP contribution in [0.3, 0.4) is 0 Å². The molecule has 5 nitrogen and oxygen atoms in total. The Morgan fingerprint density at radius 1 is 1.13 bits per heavy atom. The fourth-order valence-corrected chi connectivity index (χ4v) is 2.21. The van der Waals surface area contributed by atoms with Gasteiger partial charge in [0.2, 0.25) is 5.88 Å². The second kappa shape index (κ2) is 8.90. The van der Waals surface area contributed by atoms with Gasteiger partial charge in [0, 0.05) is 18.4 Å². The van der Waals surface area contributed by atoms with Crippen molar-refractivity contribution in [1.29, 1.82) is 0 Å². The van der Waals surface area contributed by atoms with E-state index < -0.39 is 0 Å². The summed E-state index contributed by atoms with van der Waals surface area (Å²) in [6.45, 7) is 7.49. The van der Waals surface area contributed by atoms with Gasteiger partial charge in [-0.05, 0) is 37.4 Å². The summed E-state index contributed by atoms with van der Waals surface area (Å²) in [5.74, 6) is 0.148. The van der Waals surface area contributed by atoms with Crippen molar-refractivity contribution >= 4 is 11.6 Å². The van der Waals surface area contributed by atoms with Crippen LogP contribution in [-0.2, 0) is 0 Å². The first-order valence-corrected chi connectivity index (χ1v) is 7.91. The minimum atomic E-state index is -0.220. The number of pyridine rings is 1. The summed E-state index contributed by atoms with van der Waals surface area (Å²) in [5.41, 5.74) is 1.19. The van der Waals surface area contributed by atoms with Crippen molar-refractivity contribution in [2.45, 2.75) is 13.8 Å². The molecule has 0 spiro atoms. The summed E-state index contributed by atoms with van der Waals surface area (Å²) >= 11 is 0. The molecule has 0 saturated carbocycles. The average Bonchev–Trinajstić information content (AvgIpc) is 2.60. The number of benzene rings is 1. The van der Waals surface area contributed by atoms with Gasteiger partial charge in [-0.15, -0.1) is 0 Å². The fraction of sp³-hybridized carbons (Fsp3) is 0.333. The SMILES string of the molecule is CCN(CC)CCOc1ncccc1C(=O)Nc1ccccc1. The number of hydrogen-bond donors (Lipinski definition) is 1. The molecule has 2 aromatic rings. The molecule has 1 aromatic carbocycles. The van der Waals surface area contributed by atoms with Crippen LogP contribution in [0, 0.1) is 0 Å². The fourth-order valence-electron chi connectivity index (χ4n) is 2.21. The summed E-state index contributed by atoms with van der Waals surface area (Å²) in [6.07, 6.45) is 1.63. The molecule has 0 radical (unpaired) electrons. The maximum atomic E-state index is 12.4. The van der Waals surface area contributed by atoms with E-state index in [0.717, 1.165) is 25.3 Å². The smallest absolute Gasteiger partial charge is 0.261 e. The first-order valence-electron chi connectivity index (χ1n) is 7.91. The van der Waals surface area contributed by atoms with Gasteiger partial charge < -0.3 is 15.0 Å². The number of para-hydroxylation sites is 1. The molecule has 0 aliphatic heterocycles. The molecule has 0 saturated heterocycles. The third-order valence-corrected chi connectivity index (χ3v) is 3.59. The van der Waals surface area contributed by atoms with Crippen LogP contribution in [0.5, 0.6) is 5.88 Å². The van der Waals surface area contributed by atoms with Crippen LogP contribution in [-0.4, -0.2) is 42.0 Å². The molecule has 5 heteroatoms. The number of rotatable bonds is 8. The quantitative estimate of drug-likeness (QED) is 0.814. The Labute approximate surface area is 137 Å². The lowest BCUT2D eigenvalue weighted by Crippen LogP contribution is -2.28. The number of ether oxygens (including phenoxy) is 1. The number of nitrogens with zero attached hydrogens (tertiary/aromatic N) is 2. The zero-order valence-electron chi connectivity index (χ0n) is 13.7. The minimum absolute atomic E-state index is 0.220. The van der Waals surface area contributed by atoms with Gasteiger partial charge in [-0.3, -0.25) is 4.79 Å².